The largest absolute Gasteiger partial charge is 0.493 e. The molecule has 1 N–H and O–H groups in total. The van der Waals surface area contributed by atoms with Crippen molar-refractivity contribution >= 4 is 0 Å². The van der Waals surface area contributed by atoms with Crippen LogP contribution in [0.5, 0.6) is 11.5 Å². The van der Waals surface area contributed by atoms with E-state index >= 15 is 0 Å². The third-order valence-electron chi connectivity index (χ3n) is 7.40. The lowest BCUT2D eigenvalue weighted by atomic mass is 9.74. The van der Waals surface area contributed by atoms with Crippen LogP contribution in [0.3, 0.4) is 0 Å². The molecular weight excluding hydrogens is 376 g/mol. The fourth-order valence-electron chi connectivity index (χ4n) is 5.82. The standard InChI is InChI=1S/C25H40N2O3/c1-17(2)9-20-14-27-8-6-19-11-24(28-3)25(29-4)12-22(19)23(27)10-21(20)16-30-15-18-5-7-26-13-18/h11-12,17-18,20-21,23,26H,5-10,13-16H2,1-4H3/t18-,20?,21?,23?/m1/s1. The predicted octanol–water partition coefficient (Wildman–Crippen LogP) is 3.91. The highest BCUT2D eigenvalue weighted by Gasteiger charge is 2.39. The predicted molar refractivity (Wildman–Crippen MR) is 120 cm³/mol. The molecule has 3 unspecified atom stereocenters. The van der Waals surface area contributed by atoms with E-state index in [0.717, 1.165) is 62.6 Å². The van der Waals surface area contributed by atoms with Crippen molar-refractivity contribution in [2.75, 3.05) is 53.6 Å². The highest BCUT2D eigenvalue weighted by atomic mass is 16.5. The van der Waals surface area contributed by atoms with Gasteiger partial charge in [-0.1, -0.05) is 13.8 Å². The van der Waals surface area contributed by atoms with Crippen LogP contribution in [0, 0.1) is 23.7 Å². The van der Waals surface area contributed by atoms with E-state index in [0.29, 0.717) is 17.9 Å². The maximum Gasteiger partial charge on any atom is 0.161 e. The Balaban J connectivity index is 1.50. The molecule has 168 valence electrons. The van der Waals surface area contributed by atoms with Crippen molar-refractivity contribution in [2.45, 2.75) is 45.6 Å². The average Bonchev–Trinajstić information content (AvgIpc) is 3.26. The molecule has 0 bridgehead atoms. The number of fused-ring (bicyclic) bond motifs is 3. The molecule has 3 heterocycles. The molecule has 1 aromatic carbocycles. The van der Waals surface area contributed by atoms with Crippen LogP contribution in [0.1, 0.15) is 50.3 Å². The second kappa shape index (κ2) is 9.88. The molecule has 2 fully saturated rings. The summed E-state index contributed by atoms with van der Waals surface area (Å²) in [6.45, 7) is 11.1. The molecule has 4 rings (SSSR count). The van der Waals surface area contributed by atoms with Gasteiger partial charge in [-0.15, -0.1) is 0 Å². The highest BCUT2D eigenvalue weighted by molar-refractivity contribution is 5.49. The number of nitrogens with zero attached hydrogens (tertiary/aromatic N) is 1. The monoisotopic (exact) mass is 416 g/mol. The van der Waals surface area contributed by atoms with E-state index in [-0.39, 0.29) is 0 Å². The minimum absolute atomic E-state index is 0.471. The summed E-state index contributed by atoms with van der Waals surface area (Å²) in [6.07, 6.45) is 4.83. The third kappa shape index (κ3) is 4.79. The minimum atomic E-state index is 0.471. The molecule has 0 radical (unpaired) electrons. The summed E-state index contributed by atoms with van der Waals surface area (Å²) in [4.78, 5) is 2.72. The summed E-state index contributed by atoms with van der Waals surface area (Å²) in [7, 11) is 3.46. The first-order valence-corrected chi connectivity index (χ1v) is 11.9. The molecule has 3 aliphatic rings. The first-order chi connectivity index (χ1) is 14.6. The number of piperidine rings is 1. The van der Waals surface area contributed by atoms with Crippen LogP contribution in [0.4, 0.5) is 0 Å². The van der Waals surface area contributed by atoms with Gasteiger partial charge >= 0.3 is 0 Å². The van der Waals surface area contributed by atoms with Gasteiger partial charge in [-0.05, 0) is 79.2 Å². The van der Waals surface area contributed by atoms with Gasteiger partial charge in [0.15, 0.2) is 11.5 Å². The second-order valence-electron chi connectivity index (χ2n) is 9.95. The van der Waals surface area contributed by atoms with E-state index in [9.17, 15) is 0 Å². The van der Waals surface area contributed by atoms with Crippen molar-refractivity contribution in [3.05, 3.63) is 23.3 Å². The van der Waals surface area contributed by atoms with Gasteiger partial charge in [0.2, 0.25) is 0 Å². The summed E-state index contributed by atoms with van der Waals surface area (Å²) >= 11 is 0. The molecule has 4 atom stereocenters. The minimum Gasteiger partial charge on any atom is -0.493 e. The molecule has 5 nitrogen and oxygen atoms in total. The molecule has 30 heavy (non-hydrogen) atoms. The first-order valence-electron chi connectivity index (χ1n) is 11.9. The zero-order valence-corrected chi connectivity index (χ0v) is 19.3. The van der Waals surface area contributed by atoms with Gasteiger partial charge in [0, 0.05) is 32.3 Å². The summed E-state index contributed by atoms with van der Waals surface area (Å²) in [6, 6.07) is 4.90. The molecule has 3 aliphatic heterocycles. The van der Waals surface area contributed by atoms with Gasteiger partial charge in [0.25, 0.3) is 0 Å². The van der Waals surface area contributed by atoms with Gasteiger partial charge in [-0.2, -0.15) is 0 Å². The van der Waals surface area contributed by atoms with Crippen LogP contribution in [-0.2, 0) is 11.2 Å². The van der Waals surface area contributed by atoms with E-state index in [4.69, 9.17) is 14.2 Å². The quantitative estimate of drug-likeness (QED) is 0.696. The maximum absolute atomic E-state index is 6.31. The summed E-state index contributed by atoms with van der Waals surface area (Å²) in [5, 5.41) is 3.46. The second-order valence-corrected chi connectivity index (χ2v) is 9.95. The van der Waals surface area contributed by atoms with Gasteiger partial charge < -0.3 is 19.5 Å². The average molecular weight is 417 g/mol. The summed E-state index contributed by atoms with van der Waals surface area (Å²) < 4.78 is 17.5. The zero-order valence-electron chi connectivity index (χ0n) is 19.3. The lowest BCUT2D eigenvalue weighted by Crippen LogP contribution is -2.47. The van der Waals surface area contributed by atoms with E-state index in [2.05, 4.69) is 36.2 Å². The van der Waals surface area contributed by atoms with Crippen LogP contribution in [0.2, 0.25) is 0 Å². The van der Waals surface area contributed by atoms with Crippen molar-refractivity contribution in [3.8, 4) is 11.5 Å². The van der Waals surface area contributed by atoms with Crippen LogP contribution in [0.15, 0.2) is 12.1 Å². The number of ether oxygens (including phenoxy) is 3. The molecule has 2 saturated heterocycles. The Labute approximate surface area is 182 Å². The van der Waals surface area contributed by atoms with Crippen molar-refractivity contribution in [3.63, 3.8) is 0 Å². The molecule has 0 saturated carbocycles. The molecular formula is C25H40N2O3. The molecule has 0 amide bonds. The zero-order chi connectivity index (χ0) is 21.1. The van der Waals surface area contributed by atoms with Crippen LogP contribution in [-0.4, -0.2) is 58.5 Å². The molecule has 5 heteroatoms. The Bertz CT molecular complexity index is 702. The Morgan fingerprint density at radius 3 is 2.60 bits per heavy atom. The summed E-state index contributed by atoms with van der Waals surface area (Å²) in [5.41, 5.74) is 2.86. The van der Waals surface area contributed by atoms with Crippen molar-refractivity contribution < 1.29 is 14.2 Å². The SMILES string of the molecule is COc1cc2c(cc1OC)C1CC(COC[C@@H]3CCNC3)C(CC(C)C)CN1CC2. The lowest BCUT2D eigenvalue weighted by Gasteiger charge is -2.47. The lowest BCUT2D eigenvalue weighted by molar-refractivity contribution is -0.0116. The topological polar surface area (TPSA) is 43.0 Å². The maximum atomic E-state index is 6.31. The number of methoxy groups -OCH3 is 2. The van der Waals surface area contributed by atoms with Crippen molar-refractivity contribution in [2.24, 2.45) is 23.7 Å². The normalized spacial score (nSPS) is 29.0. The number of rotatable bonds is 8. The van der Waals surface area contributed by atoms with Crippen LogP contribution in [0.25, 0.3) is 0 Å². The van der Waals surface area contributed by atoms with Crippen LogP contribution >= 0.6 is 0 Å². The van der Waals surface area contributed by atoms with Gasteiger partial charge in [0.1, 0.15) is 0 Å². The number of hydrogen-bond donors (Lipinski definition) is 1. The highest BCUT2D eigenvalue weighted by Crippen LogP contribution is 2.45. The van der Waals surface area contributed by atoms with E-state index in [1.165, 1.54) is 36.9 Å². The molecule has 0 aliphatic carbocycles. The van der Waals surface area contributed by atoms with E-state index < -0.39 is 0 Å². The van der Waals surface area contributed by atoms with E-state index in [1.54, 1.807) is 14.2 Å². The molecule has 1 aromatic rings. The van der Waals surface area contributed by atoms with E-state index in [1.807, 2.05) is 0 Å². The fourth-order valence-corrected chi connectivity index (χ4v) is 5.82. The summed E-state index contributed by atoms with van der Waals surface area (Å²) in [5.74, 6) is 4.48. The fraction of sp³-hybridized carbons (Fsp3) is 0.760. The number of nitrogens with one attached hydrogen (secondary N) is 1. The Hall–Kier alpha value is -1.30. The Kier molecular flexibility index (Phi) is 7.22. The van der Waals surface area contributed by atoms with Crippen molar-refractivity contribution in [1.82, 2.24) is 10.2 Å². The van der Waals surface area contributed by atoms with Crippen molar-refractivity contribution in [1.29, 1.82) is 0 Å². The van der Waals surface area contributed by atoms with Gasteiger partial charge in [0.05, 0.1) is 20.8 Å². The van der Waals surface area contributed by atoms with Gasteiger partial charge in [-0.3, -0.25) is 4.90 Å². The first kappa shape index (κ1) is 21.9. The number of hydrogen-bond acceptors (Lipinski definition) is 5. The van der Waals surface area contributed by atoms with Gasteiger partial charge in [-0.25, -0.2) is 0 Å². The molecule has 0 spiro atoms. The smallest absolute Gasteiger partial charge is 0.161 e. The third-order valence-corrected chi connectivity index (χ3v) is 7.40. The number of benzene rings is 1. The van der Waals surface area contributed by atoms with Crippen LogP contribution < -0.4 is 14.8 Å². The Morgan fingerprint density at radius 1 is 1.10 bits per heavy atom. The molecule has 0 aromatic heterocycles. The Morgan fingerprint density at radius 2 is 1.90 bits per heavy atom.